The number of carbonyl (C=O) groups excluding carboxylic acids is 2. The molecule has 0 aromatic heterocycles. The van der Waals surface area contributed by atoms with Crippen LogP contribution in [0.2, 0.25) is 0 Å². The monoisotopic (exact) mass is 277 g/mol. The number of carboxylic acids is 2. The molecule has 0 saturated heterocycles. The molecule has 10 nitrogen and oxygen atoms in total. The molecule has 2 atom stereocenters. The van der Waals surface area contributed by atoms with Crippen LogP contribution in [0.1, 0.15) is 6.42 Å². The molecule has 10 heteroatoms. The van der Waals surface area contributed by atoms with Crippen LogP contribution in [0, 0.1) is 0 Å². The maximum absolute atomic E-state index is 11.5. The number of carboxylic acid groups (broad SMARTS) is 2. The average molecular weight is 277 g/mol. The molecular weight excluding hydrogens is 262 g/mol. The van der Waals surface area contributed by atoms with E-state index in [4.69, 9.17) is 21.1 Å². The number of hydrogen-bond donors (Lipinski definition) is 6. The fourth-order valence-corrected chi connectivity index (χ4v) is 1.03. The number of nitrogens with two attached hydrogens (primary N) is 1. The molecule has 7 N–H and O–H groups in total. The quantitative estimate of drug-likeness (QED) is 0.264. The Bertz CT molecular complexity index is 371. The van der Waals surface area contributed by atoms with Crippen molar-refractivity contribution in [1.82, 2.24) is 10.6 Å². The summed E-state index contributed by atoms with van der Waals surface area (Å²) in [4.78, 5) is 43.6. The first-order valence-corrected chi connectivity index (χ1v) is 5.16. The summed E-state index contributed by atoms with van der Waals surface area (Å²) < 4.78 is 0. The van der Waals surface area contributed by atoms with Gasteiger partial charge in [-0.25, -0.2) is 0 Å². The maximum atomic E-state index is 11.5. The third-order valence-electron chi connectivity index (χ3n) is 1.96. The van der Waals surface area contributed by atoms with Crippen molar-refractivity contribution in [2.45, 2.75) is 18.5 Å². The molecule has 0 aromatic carbocycles. The molecule has 19 heavy (non-hydrogen) atoms. The van der Waals surface area contributed by atoms with Crippen LogP contribution in [0.3, 0.4) is 0 Å². The molecule has 0 radical (unpaired) electrons. The number of hydrogen-bond acceptors (Lipinski definition) is 6. The largest absolute Gasteiger partial charge is 0.481 e. The highest BCUT2D eigenvalue weighted by atomic mass is 16.4. The summed E-state index contributed by atoms with van der Waals surface area (Å²) in [5, 5.41) is 29.5. The van der Waals surface area contributed by atoms with Gasteiger partial charge in [0.1, 0.15) is 18.6 Å². The molecule has 0 saturated carbocycles. The van der Waals surface area contributed by atoms with Gasteiger partial charge >= 0.3 is 11.9 Å². The molecule has 0 aromatic rings. The van der Waals surface area contributed by atoms with E-state index < -0.39 is 55.4 Å². The molecule has 2 amide bonds. The van der Waals surface area contributed by atoms with Crippen molar-refractivity contribution in [3.05, 3.63) is 0 Å². The molecule has 108 valence electrons. The number of aliphatic hydroxyl groups excluding tert-OH is 1. The van der Waals surface area contributed by atoms with Gasteiger partial charge in [0, 0.05) is 0 Å². The van der Waals surface area contributed by atoms with E-state index in [1.807, 2.05) is 10.6 Å². The Morgan fingerprint density at radius 3 is 2.05 bits per heavy atom. The lowest BCUT2D eigenvalue weighted by Gasteiger charge is -2.18. The van der Waals surface area contributed by atoms with Crippen LogP contribution in [0.25, 0.3) is 0 Å². The van der Waals surface area contributed by atoms with E-state index in [2.05, 4.69) is 0 Å². The Morgan fingerprint density at radius 1 is 1.05 bits per heavy atom. The Kier molecular flexibility index (Phi) is 7.07. The molecule has 0 unspecified atom stereocenters. The first-order chi connectivity index (χ1) is 8.77. The van der Waals surface area contributed by atoms with Crippen LogP contribution < -0.4 is 16.4 Å². The molecule has 0 aliphatic heterocycles. The van der Waals surface area contributed by atoms with Crippen molar-refractivity contribution in [3.8, 4) is 0 Å². The predicted molar refractivity (Wildman–Crippen MR) is 59.9 cm³/mol. The number of aliphatic hydroxyl groups is 1. The van der Waals surface area contributed by atoms with E-state index in [0.717, 1.165) is 0 Å². The second kappa shape index (κ2) is 8.00. The highest BCUT2D eigenvalue weighted by molar-refractivity contribution is 5.93. The van der Waals surface area contributed by atoms with Gasteiger partial charge in [-0.15, -0.1) is 0 Å². The molecule has 0 aliphatic rings. The van der Waals surface area contributed by atoms with E-state index in [9.17, 15) is 19.2 Å². The van der Waals surface area contributed by atoms with Gasteiger partial charge in [0.25, 0.3) is 0 Å². The van der Waals surface area contributed by atoms with Gasteiger partial charge in [-0.1, -0.05) is 0 Å². The summed E-state index contributed by atoms with van der Waals surface area (Å²) in [5.41, 5.74) is 5.18. The van der Waals surface area contributed by atoms with Crippen molar-refractivity contribution < 1.29 is 34.5 Å². The lowest BCUT2D eigenvalue weighted by atomic mass is 10.1. The summed E-state index contributed by atoms with van der Waals surface area (Å²) >= 11 is 0. The fraction of sp³-hybridized carbons (Fsp3) is 0.556. The molecule has 0 rings (SSSR count). The zero-order chi connectivity index (χ0) is 15.0. The van der Waals surface area contributed by atoms with Crippen LogP contribution in [0.5, 0.6) is 0 Å². The van der Waals surface area contributed by atoms with Crippen LogP contribution >= 0.6 is 0 Å². The highest BCUT2D eigenvalue weighted by Crippen LogP contribution is 1.94. The van der Waals surface area contributed by atoms with Crippen molar-refractivity contribution in [1.29, 1.82) is 0 Å². The average Bonchev–Trinajstić information content (AvgIpc) is 2.33. The third kappa shape index (κ3) is 6.95. The Hall–Kier alpha value is -2.20. The van der Waals surface area contributed by atoms with Gasteiger partial charge in [0.05, 0.1) is 13.0 Å². The van der Waals surface area contributed by atoms with Crippen LogP contribution in [0.15, 0.2) is 0 Å². The first kappa shape index (κ1) is 16.8. The normalized spacial score (nSPS) is 13.2. The zero-order valence-electron chi connectivity index (χ0n) is 9.83. The van der Waals surface area contributed by atoms with Gasteiger partial charge in [-0.2, -0.15) is 0 Å². The summed E-state index contributed by atoms with van der Waals surface area (Å²) in [6.07, 6.45) is -0.741. The second-order valence-electron chi connectivity index (χ2n) is 3.56. The van der Waals surface area contributed by atoms with Crippen molar-refractivity contribution >= 4 is 23.8 Å². The summed E-state index contributed by atoms with van der Waals surface area (Å²) in [6.45, 7) is -1.39. The standard InChI is InChI=1S/C9H15N3O7/c10-4(3-13)8(18)12-5(1-6(14)15)9(19)11-2-7(16)17/h4-5,13H,1-3,10H2,(H,11,19)(H,12,18)(H,14,15)(H,16,17)/t4-,5-/m0/s1. The first-order valence-electron chi connectivity index (χ1n) is 5.16. The van der Waals surface area contributed by atoms with E-state index in [1.165, 1.54) is 0 Å². The lowest BCUT2D eigenvalue weighted by Crippen LogP contribution is -2.53. The Balaban J connectivity index is 4.61. The van der Waals surface area contributed by atoms with E-state index in [-0.39, 0.29) is 0 Å². The minimum absolute atomic E-state index is 0.678. The summed E-state index contributed by atoms with van der Waals surface area (Å²) in [6, 6.07) is -2.77. The smallest absolute Gasteiger partial charge is 0.322 e. The number of rotatable bonds is 8. The van der Waals surface area contributed by atoms with Crippen LogP contribution in [0.4, 0.5) is 0 Å². The van der Waals surface area contributed by atoms with Crippen LogP contribution in [-0.2, 0) is 19.2 Å². The van der Waals surface area contributed by atoms with Gasteiger partial charge < -0.3 is 31.7 Å². The van der Waals surface area contributed by atoms with Gasteiger partial charge in [-0.3, -0.25) is 19.2 Å². The minimum atomic E-state index is -1.47. The lowest BCUT2D eigenvalue weighted by molar-refractivity contribution is -0.141. The Morgan fingerprint density at radius 2 is 1.63 bits per heavy atom. The topological polar surface area (TPSA) is 179 Å². The fourth-order valence-electron chi connectivity index (χ4n) is 1.03. The third-order valence-corrected chi connectivity index (χ3v) is 1.96. The van der Waals surface area contributed by atoms with E-state index in [1.54, 1.807) is 0 Å². The van der Waals surface area contributed by atoms with Gasteiger partial charge in [-0.05, 0) is 0 Å². The maximum Gasteiger partial charge on any atom is 0.322 e. The van der Waals surface area contributed by atoms with Crippen LogP contribution in [-0.4, -0.2) is 64.3 Å². The van der Waals surface area contributed by atoms with Crippen molar-refractivity contribution in [2.75, 3.05) is 13.2 Å². The second-order valence-corrected chi connectivity index (χ2v) is 3.56. The molecule has 0 aliphatic carbocycles. The Labute approximate surface area is 107 Å². The molecular formula is C9H15N3O7. The molecule has 0 heterocycles. The van der Waals surface area contributed by atoms with E-state index >= 15 is 0 Å². The number of carbonyl (C=O) groups is 4. The predicted octanol–water partition coefficient (Wildman–Crippen LogP) is -3.53. The minimum Gasteiger partial charge on any atom is -0.481 e. The number of aliphatic carboxylic acids is 2. The summed E-state index contributed by atoms with van der Waals surface area (Å²) in [5.74, 6) is -4.57. The SMILES string of the molecule is N[C@@H](CO)C(=O)N[C@@H](CC(=O)O)C(=O)NCC(=O)O. The summed E-state index contributed by atoms with van der Waals surface area (Å²) in [7, 11) is 0. The van der Waals surface area contributed by atoms with E-state index in [0.29, 0.717) is 0 Å². The van der Waals surface area contributed by atoms with Crippen molar-refractivity contribution in [3.63, 3.8) is 0 Å². The van der Waals surface area contributed by atoms with Crippen molar-refractivity contribution in [2.24, 2.45) is 5.73 Å². The molecule has 0 bridgehead atoms. The zero-order valence-corrected chi connectivity index (χ0v) is 9.83. The number of nitrogens with one attached hydrogen (secondary N) is 2. The molecule has 0 fully saturated rings. The number of amides is 2. The highest BCUT2D eigenvalue weighted by Gasteiger charge is 2.25. The molecule has 0 spiro atoms. The van der Waals surface area contributed by atoms with Gasteiger partial charge in [0.2, 0.25) is 11.8 Å². The van der Waals surface area contributed by atoms with Gasteiger partial charge in [0.15, 0.2) is 0 Å².